The van der Waals surface area contributed by atoms with Crippen molar-refractivity contribution in [3.8, 4) is 11.5 Å². The molecule has 0 fully saturated rings. The summed E-state index contributed by atoms with van der Waals surface area (Å²) in [7, 11) is -2.50. The maximum Gasteiger partial charge on any atom is 0.261 e. The molecule has 0 aliphatic rings. The Morgan fingerprint density at radius 1 is 0.966 bits per heavy atom. The first-order valence-electron chi connectivity index (χ1n) is 8.37. The highest BCUT2D eigenvalue weighted by Crippen LogP contribution is 2.30. The summed E-state index contributed by atoms with van der Waals surface area (Å²) in [6.07, 6.45) is 0. The van der Waals surface area contributed by atoms with Crippen molar-refractivity contribution in [3.05, 3.63) is 82.3 Å². The zero-order valence-corrected chi connectivity index (χ0v) is 17.5. The van der Waals surface area contributed by atoms with Gasteiger partial charge in [-0.1, -0.05) is 35.3 Å². The Morgan fingerprint density at radius 3 is 2.31 bits per heavy atom. The molecule has 3 aromatic carbocycles. The van der Waals surface area contributed by atoms with E-state index < -0.39 is 15.9 Å². The fraction of sp³-hybridized carbons (Fsp3) is 0.0500. The molecular formula is C20H16Cl2N2O4S. The summed E-state index contributed by atoms with van der Waals surface area (Å²) in [5.74, 6) is 0.419. The lowest BCUT2D eigenvalue weighted by Gasteiger charge is -2.13. The van der Waals surface area contributed by atoms with E-state index in [2.05, 4.69) is 10.0 Å². The predicted octanol–water partition coefficient (Wildman–Crippen LogP) is 4.95. The van der Waals surface area contributed by atoms with E-state index in [0.717, 1.165) is 0 Å². The van der Waals surface area contributed by atoms with Gasteiger partial charge in [-0.2, -0.15) is 0 Å². The fourth-order valence-electron chi connectivity index (χ4n) is 2.47. The van der Waals surface area contributed by atoms with Crippen LogP contribution < -0.4 is 14.8 Å². The van der Waals surface area contributed by atoms with Gasteiger partial charge < -0.3 is 10.1 Å². The van der Waals surface area contributed by atoms with Crippen LogP contribution in [0.2, 0.25) is 10.0 Å². The zero-order valence-electron chi connectivity index (χ0n) is 15.1. The minimum atomic E-state index is -3.94. The number of hydrogen-bond acceptors (Lipinski definition) is 4. The lowest BCUT2D eigenvalue weighted by Crippen LogP contribution is -2.21. The van der Waals surface area contributed by atoms with Gasteiger partial charge in [-0.25, -0.2) is 8.42 Å². The average Bonchev–Trinajstić information content (AvgIpc) is 2.71. The second-order valence-electron chi connectivity index (χ2n) is 5.88. The summed E-state index contributed by atoms with van der Waals surface area (Å²) in [6.45, 7) is 0. The molecule has 1 amide bonds. The third-order valence-corrected chi connectivity index (χ3v) is 5.82. The van der Waals surface area contributed by atoms with Crippen LogP contribution >= 0.6 is 23.2 Å². The van der Waals surface area contributed by atoms with Crippen LogP contribution in [0.1, 0.15) is 10.4 Å². The molecule has 6 nitrogen and oxygen atoms in total. The molecule has 2 N–H and O–H groups in total. The van der Waals surface area contributed by atoms with Gasteiger partial charge in [0.05, 0.1) is 21.2 Å². The third kappa shape index (κ3) is 5.00. The SMILES string of the molecule is CNC(=O)c1cc(Cl)ccc1NS(=O)(=O)c1ccc(Oc2ccccc2Cl)cc1. The van der Waals surface area contributed by atoms with E-state index in [4.69, 9.17) is 27.9 Å². The number of sulfonamides is 1. The third-order valence-electron chi connectivity index (χ3n) is 3.90. The number of carbonyl (C=O) groups is 1. The molecular weight excluding hydrogens is 435 g/mol. The van der Waals surface area contributed by atoms with Crippen molar-refractivity contribution in [1.82, 2.24) is 5.32 Å². The number of para-hydroxylation sites is 1. The summed E-state index contributed by atoms with van der Waals surface area (Å²) in [5, 5.41) is 3.20. The van der Waals surface area contributed by atoms with Gasteiger partial charge in [-0.3, -0.25) is 9.52 Å². The minimum Gasteiger partial charge on any atom is -0.456 e. The second kappa shape index (κ2) is 8.73. The van der Waals surface area contributed by atoms with Gasteiger partial charge in [0.25, 0.3) is 15.9 Å². The molecule has 150 valence electrons. The number of benzene rings is 3. The van der Waals surface area contributed by atoms with Gasteiger partial charge in [0.1, 0.15) is 11.5 Å². The van der Waals surface area contributed by atoms with Crippen molar-refractivity contribution in [1.29, 1.82) is 0 Å². The lowest BCUT2D eigenvalue weighted by atomic mass is 10.2. The van der Waals surface area contributed by atoms with Gasteiger partial charge in [-0.05, 0) is 54.6 Å². The lowest BCUT2D eigenvalue weighted by molar-refractivity contribution is 0.0964. The van der Waals surface area contributed by atoms with Crippen LogP contribution in [0.3, 0.4) is 0 Å². The van der Waals surface area contributed by atoms with Crippen LogP contribution in [-0.2, 0) is 10.0 Å². The Balaban J connectivity index is 1.84. The average molecular weight is 451 g/mol. The Labute approximate surface area is 178 Å². The molecule has 0 bridgehead atoms. The zero-order chi connectivity index (χ0) is 21.0. The van der Waals surface area contributed by atoms with Crippen LogP contribution in [0, 0.1) is 0 Å². The molecule has 3 rings (SSSR count). The van der Waals surface area contributed by atoms with Crippen LogP contribution in [-0.4, -0.2) is 21.4 Å². The van der Waals surface area contributed by atoms with E-state index in [9.17, 15) is 13.2 Å². The molecule has 0 atom stereocenters. The predicted molar refractivity (Wildman–Crippen MR) is 114 cm³/mol. The van der Waals surface area contributed by atoms with Gasteiger partial charge in [0, 0.05) is 12.1 Å². The number of amides is 1. The monoisotopic (exact) mass is 450 g/mol. The van der Waals surface area contributed by atoms with Gasteiger partial charge in [0.15, 0.2) is 0 Å². The Kier molecular flexibility index (Phi) is 6.32. The molecule has 0 aliphatic carbocycles. The largest absolute Gasteiger partial charge is 0.456 e. The summed E-state index contributed by atoms with van der Waals surface area (Å²) in [5.41, 5.74) is 0.229. The van der Waals surface area contributed by atoms with Gasteiger partial charge in [0.2, 0.25) is 0 Å². The maximum absolute atomic E-state index is 12.7. The summed E-state index contributed by atoms with van der Waals surface area (Å²) in [6, 6.07) is 17.1. The first-order valence-corrected chi connectivity index (χ1v) is 10.6. The molecule has 3 aromatic rings. The van der Waals surface area contributed by atoms with Crippen molar-refractivity contribution in [3.63, 3.8) is 0 Å². The molecule has 29 heavy (non-hydrogen) atoms. The smallest absolute Gasteiger partial charge is 0.261 e. The second-order valence-corrected chi connectivity index (χ2v) is 8.40. The van der Waals surface area contributed by atoms with Crippen LogP contribution in [0.5, 0.6) is 11.5 Å². The van der Waals surface area contributed by atoms with Crippen molar-refractivity contribution in [2.75, 3.05) is 11.8 Å². The van der Waals surface area contributed by atoms with Gasteiger partial charge in [-0.15, -0.1) is 0 Å². The van der Waals surface area contributed by atoms with E-state index in [0.29, 0.717) is 21.5 Å². The topological polar surface area (TPSA) is 84.5 Å². The molecule has 0 aromatic heterocycles. The highest BCUT2D eigenvalue weighted by Gasteiger charge is 2.19. The van der Waals surface area contributed by atoms with E-state index in [1.807, 2.05) is 0 Å². The highest BCUT2D eigenvalue weighted by atomic mass is 35.5. The van der Waals surface area contributed by atoms with E-state index in [1.54, 1.807) is 24.3 Å². The van der Waals surface area contributed by atoms with Crippen molar-refractivity contribution >= 4 is 44.8 Å². The number of anilines is 1. The Hall–Kier alpha value is -2.74. The number of carbonyl (C=O) groups excluding carboxylic acids is 1. The van der Waals surface area contributed by atoms with Crippen LogP contribution in [0.25, 0.3) is 0 Å². The van der Waals surface area contributed by atoms with Crippen molar-refractivity contribution in [2.45, 2.75) is 4.90 Å². The molecule has 0 saturated heterocycles. The fourth-order valence-corrected chi connectivity index (χ4v) is 3.90. The number of halogens is 2. The normalized spacial score (nSPS) is 11.0. The van der Waals surface area contributed by atoms with E-state index in [-0.39, 0.29) is 16.1 Å². The molecule has 0 radical (unpaired) electrons. The molecule has 0 aliphatic heterocycles. The van der Waals surface area contributed by atoms with Crippen LogP contribution in [0.4, 0.5) is 5.69 Å². The molecule has 0 spiro atoms. The molecule has 0 saturated carbocycles. The Morgan fingerprint density at radius 2 is 1.66 bits per heavy atom. The minimum absolute atomic E-state index is 0.00168. The van der Waals surface area contributed by atoms with E-state index >= 15 is 0 Å². The van der Waals surface area contributed by atoms with Crippen LogP contribution in [0.15, 0.2) is 71.6 Å². The first kappa shape index (κ1) is 21.0. The maximum atomic E-state index is 12.7. The van der Waals surface area contributed by atoms with Crippen molar-refractivity contribution < 1.29 is 17.9 Å². The number of rotatable bonds is 6. The molecule has 0 unspecified atom stereocenters. The van der Waals surface area contributed by atoms with Gasteiger partial charge >= 0.3 is 0 Å². The number of nitrogens with one attached hydrogen (secondary N) is 2. The van der Waals surface area contributed by atoms with Crippen molar-refractivity contribution in [2.24, 2.45) is 0 Å². The molecule has 0 heterocycles. The Bertz CT molecular complexity index is 1150. The summed E-state index contributed by atoms with van der Waals surface area (Å²) < 4.78 is 33.5. The first-order chi connectivity index (χ1) is 13.8. The van der Waals surface area contributed by atoms with E-state index in [1.165, 1.54) is 49.5 Å². The number of hydrogen-bond donors (Lipinski definition) is 2. The number of ether oxygens (including phenoxy) is 1. The quantitative estimate of drug-likeness (QED) is 0.556. The standard InChI is InChI=1S/C20H16Cl2N2O4S/c1-23-20(25)16-12-13(21)6-11-18(16)24-29(26,27)15-9-7-14(8-10-15)28-19-5-3-2-4-17(19)22/h2-12,24H,1H3,(H,23,25). The highest BCUT2D eigenvalue weighted by molar-refractivity contribution is 7.92. The molecule has 9 heteroatoms. The summed E-state index contributed by atoms with van der Waals surface area (Å²) >= 11 is 12.0. The summed E-state index contributed by atoms with van der Waals surface area (Å²) in [4.78, 5) is 12.0.